The van der Waals surface area contributed by atoms with Gasteiger partial charge in [0.25, 0.3) is 0 Å². The standard InChI is InChI=1S/C22H24ClN3O2/c1-14-4-2-3-5-16(14)12-24-18-11-20-21(27)25-19(22(28)26(20)13-18)10-15-6-8-17(23)9-7-15/h2-9,18-20,24H,10-13H2,1H3,(H,25,27)/t18-,19-,20-/m0/s1. The molecule has 2 fully saturated rings. The van der Waals surface area contributed by atoms with Gasteiger partial charge in [-0.3, -0.25) is 9.59 Å². The molecule has 2 heterocycles. The van der Waals surface area contributed by atoms with E-state index in [0.29, 0.717) is 24.4 Å². The van der Waals surface area contributed by atoms with Crippen LogP contribution in [0, 0.1) is 6.92 Å². The van der Waals surface area contributed by atoms with Gasteiger partial charge in [0.2, 0.25) is 11.8 Å². The van der Waals surface area contributed by atoms with E-state index >= 15 is 0 Å². The number of fused-ring (bicyclic) bond motifs is 1. The van der Waals surface area contributed by atoms with E-state index in [2.05, 4.69) is 29.7 Å². The Balaban J connectivity index is 1.40. The molecule has 2 saturated heterocycles. The number of rotatable bonds is 5. The van der Waals surface area contributed by atoms with E-state index in [9.17, 15) is 9.59 Å². The molecular weight excluding hydrogens is 374 g/mol. The third kappa shape index (κ3) is 3.91. The van der Waals surface area contributed by atoms with Gasteiger partial charge in [0.15, 0.2) is 0 Å². The third-order valence-corrected chi connectivity index (χ3v) is 5.95. The van der Waals surface area contributed by atoms with E-state index in [1.54, 1.807) is 17.0 Å². The number of nitrogens with zero attached hydrogens (tertiary/aromatic N) is 1. The number of hydrogen-bond donors (Lipinski definition) is 2. The fraction of sp³-hybridized carbons (Fsp3) is 0.364. The first-order valence-corrected chi connectivity index (χ1v) is 10.0. The van der Waals surface area contributed by atoms with E-state index in [4.69, 9.17) is 11.6 Å². The second-order valence-electron chi connectivity index (χ2n) is 7.64. The van der Waals surface area contributed by atoms with Crippen LogP contribution in [0.15, 0.2) is 48.5 Å². The van der Waals surface area contributed by atoms with Gasteiger partial charge in [-0.1, -0.05) is 48.0 Å². The average Bonchev–Trinajstić information content (AvgIpc) is 3.12. The van der Waals surface area contributed by atoms with Crippen molar-refractivity contribution in [2.45, 2.75) is 44.4 Å². The SMILES string of the molecule is Cc1ccccc1CN[C@H]1C[C@H]2C(=O)N[C@@H](Cc3ccc(Cl)cc3)C(=O)N2C1. The van der Waals surface area contributed by atoms with Crippen LogP contribution < -0.4 is 10.6 Å². The Bertz CT molecular complexity index is 884. The Morgan fingerprint density at radius 2 is 1.89 bits per heavy atom. The summed E-state index contributed by atoms with van der Waals surface area (Å²) >= 11 is 5.93. The highest BCUT2D eigenvalue weighted by Crippen LogP contribution is 2.24. The first-order valence-electron chi connectivity index (χ1n) is 9.64. The molecule has 146 valence electrons. The van der Waals surface area contributed by atoms with Crippen LogP contribution in [0.1, 0.15) is 23.1 Å². The molecule has 2 aliphatic heterocycles. The summed E-state index contributed by atoms with van der Waals surface area (Å²) in [4.78, 5) is 27.3. The molecule has 0 radical (unpaired) electrons. The van der Waals surface area contributed by atoms with Crippen LogP contribution in [-0.4, -0.2) is 41.4 Å². The van der Waals surface area contributed by atoms with E-state index in [1.165, 1.54) is 11.1 Å². The van der Waals surface area contributed by atoms with Gasteiger partial charge >= 0.3 is 0 Å². The predicted molar refractivity (Wildman–Crippen MR) is 109 cm³/mol. The zero-order chi connectivity index (χ0) is 19.7. The monoisotopic (exact) mass is 397 g/mol. The third-order valence-electron chi connectivity index (χ3n) is 5.70. The largest absolute Gasteiger partial charge is 0.342 e. The summed E-state index contributed by atoms with van der Waals surface area (Å²) in [6.07, 6.45) is 1.13. The average molecular weight is 398 g/mol. The summed E-state index contributed by atoms with van der Waals surface area (Å²) in [5.41, 5.74) is 3.46. The fourth-order valence-corrected chi connectivity index (χ4v) is 4.19. The molecule has 28 heavy (non-hydrogen) atoms. The Morgan fingerprint density at radius 3 is 2.64 bits per heavy atom. The molecule has 2 N–H and O–H groups in total. The molecule has 0 aromatic heterocycles. The van der Waals surface area contributed by atoms with Gasteiger partial charge < -0.3 is 15.5 Å². The molecule has 0 saturated carbocycles. The zero-order valence-electron chi connectivity index (χ0n) is 15.8. The van der Waals surface area contributed by atoms with Gasteiger partial charge in [-0.25, -0.2) is 0 Å². The Morgan fingerprint density at radius 1 is 1.14 bits per heavy atom. The van der Waals surface area contributed by atoms with Crippen molar-refractivity contribution in [2.24, 2.45) is 0 Å². The number of amides is 2. The zero-order valence-corrected chi connectivity index (χ0v) is 16.6. The molecule has 2 amide bonds. The van der Waals surface area contributed by atoms with Crippen molar-refractivity contribution in [2.75, 3.05) is 6.54 Å². The maximum absolute atomic E-state index is 13.0. The molecule has 0 bridgehead atoms. The molecule has 3 atom stereocenters. The Kier molecular flexibility index (Phi) is 5.38. The molecule has 6 heteroatoms. The Hall–Kier alpha value is -2.37. The first-order chi connectivity index (χ1) is 13.5. The molecule has 2 aliphatic rings. The van der Waals surface area contributed by atoms with E-state index < -0.39 is 6.04 Å². The smallest absolute Gasteiger partial charge is 0.246 e. The molecular formula is C22H24ClN3O2. The topological polar surface area (TPSA) is 61.4 Å². The summed E-state index contributed by atoms with van der Waals surface area (Å²) in [6, 6.07) is 14.9. The lowest BCUT2D eigenvalue weighted by Gasteiger charge is -2.34. The van der Waals surface area contributed by atoms with Crippen molar-refractivity contribution >= 4 is 23.4 Å². The number of halogens is 1. The van der Waals surface area contributed by atoms with Crippen molar-refractivity contribution in [3.63, 3.8) is 0 Å². The number of benzene rings is 2. The lowest BCUT2D eigenvalue weighted by atomic mass is 10.0. The maximum atomic E-state index is 13.0. The highest BCUT2D eigenvalue weighted by molar-refractivity contribution is 6.30. The van der Waals surface area contributed by atoms with Crippen LogP contribution in [-0.2, 0) is 22.6 Å². The minimum absolute atomic E-state index is 0.000239. The second-order valence-corrected chi connectivity index (χ2v) is 8.07. The van der Waals surface area contributed by atoms with Crippen molar-refractivity contribution in [3.05, 3.63) is 70.2 Å². The molecule has 0 aliphatic carbocycles. The molecule has 0 spiro atoms. The summed E-state index contributed by atoms with van der Waals surface area (Å²) in [5, 5.41) is 7.09. The number of carbonyl (C=O) groups excluding carboxylic acids is 2. The Labute approximate surface area is 170 Å². The van der Waals surface area contributed by atoms with Crippen LogP contribution in [0.3, 0.4) is 0 Å². The predicted octanol–water partition coefficient (Wildman–Crippen LogP) is 2.45. The minimum atomic E-state index is -0.514. The summed E-state index contributed by atoms with van der Waals surface area (Å²) in [6.45, 7) is 3.40. The van der Waals surface area contributed by atoms with Gasteiger partial charge in [-0.2, -0.15) is 0 Å². The van der Waals surface area contributed by atoms with Crippen LogP contribution >= 0.6 is 11.6 Å². The normalized spacial score (nSPS) is 24.2. The van der Waals surface area contributed by atoms with Gasteiger partial charge in [0.05, 0.1) is 0 Å². The van der Waals surface area contributed by atoms with Crippen molar-refractivity contribution in [1.82, 2.24) is 15.5 Å². The van der Waals surface area contributed by atoms with Crippen LogP contribution in [0.2, 0.25) is 5.02 Å². The van der Waals surface area contributed by atoms with E-state index in [-0.39, 0.29) is 23.9 Å². The van der Waals surface area contributed by atoms with E-state index in [0.717, 1.165) is 12.1 Å². The number of aryl methyl sites for hydroxylation is 1. The lowest BCUT2D eigenvalue weighted by molar-refractivity contribution is -0.147. The van der Waals surface area contributed by atoms with Gasteiger partial charge in [0, 0.05) is 30.6 Å². The summed E-state index contributed by atoms with van der Waals surface area (Å²) in [5.74, 6) is -0.0569. The van der Waals surface area contributed by atoms with Crippen molar-refractivity contribution in [1.29, 1.82) is 0 Å². The number of piperazine rings is 1. The quantitative estimate of drug-likeness (QED) is 0.814. The molecule has 0 unspecified atom stereocenters. The summed E-state index contributed by atoms with van der Waals surface area (Å²) < 4.78 is 0. The molecule has 4 rings (SSSR count). The first kappa shape index (κ1) is 19.0. The van der Waals surface area contributed by atoms with Crippen molar-refractivity contribution in [3.8, 4) is 0 Å². The number of hydrogen-bond acceptors (Lipinski definition) is 3. The molecule has 2 aromatic rings. The number of nitrogens with one attached hydrogen (secondary N) is 2. The summed E-state index contributed by atoms with van der Waals surface area (Å²) in [7, 11) is 0. The van der Waals surface area contributed by atoms with Gasteiger partial charge in [0.1, 0.15) is 12.1 Å². The highest BCUT2D eigenvalue weighted by Gasteiger charge is 2.46. The fourth-order valence-electron chi connectivity index (χ4n) is 4.06. The minimum Gasteiger partial charge on any atom is -0.342 e. The van der Waals surface area contributed by atoms with Crippen LogP contribution in [0.5, 0.6) is 0 Å². The number of carbonyl (C=O) groups is 2. The second kappa shape index (κ2) is 7.94. The van der Waals surface area contributed by atoms with Gasteiger partial charge in [-0.05, 0) is 42.2 Å². The van der Waals surface area contributed by atoms with E-state index in [1.807, 2.05) is 24.3 Å². The highest BCUT2D eigenvalue weighted by atomic mass is 35.5. The maximum Gasteiger partial charge on any atom is 0.246 e. The molecule has 2 aromatic carbocycles. The lowest BCUT2D eigenvalue weighted by Crippen LogP contribution is -2.61. The van der Waals surface area contributed by atoms with Crippen molar-refractivity contribution < 1.29 is 9.59 Å². The molecule has 5 nitrogen and oxygen atoms in total. The van der Waals surface area contributed by atoms with Crippen LogP contribution in [0.4, 0.5) is 0 Å². The van der Waals surface area contributed by atoms with Gasteiger partial charge in [-0.15, -0.1) is 0 Å². The van der Waals surface area contributed by atoms with Crippen LogP contribution in [0.25, 0.3) is 0 Å².